The van der Waals surface area contributed by atoms with E-state index in [9.17, 15) is 9.18 Å². The first-order valence-electron chi connectivity index (χ1n) is 7.81. The summed E-state index contributed by atoms with van der Waals surface area (Å²) in [5.41, 5.74) is 0.819. The van der Waals surface area contributed by atoms with Crippen molar-refractivity contribution in [2.45, 2.75) is 38.1 Å². The van der Waals surface area contributed by atoms with Gasteiger partial charge in [0.15, 0.2) is 11.6 Å². The first-order chi connectivity index (χ1) is 11.7. The van der Waals surface area contributed by atoms with Crippen LogP contribution >= 0.6 is 0 Å². The first-order valence-corrected chi connectivity index (χ1v) is 7.81. The maximum Gasteiger partial charge on any atom is 0.442 e. The number of benzene rings is 1. The lowest BCUT2D eigenvalue weighted by atomic mass is 9.85. The topological polar surface area (TPSA) is 87.0 Å². The second-order valence-electron chi connectivity index (χ2n) is 5.93. The van der Waals surface area contributed by atoms with Crippen LogP contribution in [0.5, 0.6) is 0 Å². The van der Waals surface area contributed by atoms with E-state index in [0.29, 0.717) is 29.9 Å². The van der Waals surface area contributed by atoms with Crippen molar-refractivity contribution in [1.82, 2.24) is 19.9 Å². The molecule has 1 saturated carbocycles. The van der Waals surface area contributed by atoms with Crippen LogP contribution in [0.3, 0.4) is 0 Å². The van der Waals surface area contributed by atoms with Gasteiger partial charge in [0, 0.05) is 12.3 Å². The molecule has 1 aromatic carbocycles. The number of hydrogen-bond acceptors (Lipinski definition) is 6. The molecule has 24 heavy (non-hydrogen) atoms. The number of hydrogen-bond donors (Lipinski definition) is 0. The molecule has 7 nitrogen and oxygen atoms in total. The highest BCUT2D eigenvalue weighted by Gasteiger charge is 2.25. The molecule has 3 aromatic rings. The van der Waals surface area contributed by atoms with Gasteiger partial charge in [0.1, 0.15) is 12.4 Å². The zero-order chi connectivity index (χ0) is 16.5. The molecule has 8 heteroatoms. The van der Waals surface area contributed by atoms with Gasteiger partial charge in [-0.15, -0.1) is 0 Å². The number of rotatable bonds is 5. The summed E-state index contributed by atoms with van der Waals surface area (Å²) in [6.07, 6.45) is 3.67. The van der Waals surface area contributed by atoms with E-state index in [1.807, 2.05) is 0 Å². The summed E-state index contributed by atoms with van der Waals surface area (Å²) in [5.74, 6) is 0.931. The average Bonchev–Trinajstić information content (AvgIpc) is 3.10. The van der Waals surface area contributed by atoms with Gasteiger partial charge in [0.2, 0.25) is 5.89 Å². The summed E-state index contributed by atoms with van der Waals surface area (Å²) in [5, 5.41) is 7.77. The van der Waals surface area contributed by atoms with Crippen molar-refractivity contribution in [3.05, 3.63) is 63.7 Å². The van der Waals surface area contributed by atoms with E-state index in [2.05, 4.69) is 15.3 Å². The highest BCUT2D eigenvalue weighted by molar-refractivity contribution is 5.19. The molecule has 0 aliphatic heterocycles. The third-order valence-corrected chi connectivity index (χ3v) is 4.28. The lowest BCUT2D eigenvalue weighted by molar-refractivity contribution is 0.337. The molecule has 1 fully saturated rings. The number of nitrogens with zero attached hydrogens (tertiary/aromatic N) is 4. The standard InChI is InChI=1S/C16H15FN4O3/c17-12-6-4-10(5-7-12)8-13-19-24-16(22)21(13)9-14-18-15(20-23-14)11-2-1-3-11/h4-7,11H,1-3,8-9H2. The normalized spacial score (nSPS) is 14.7. The molecule has 2 aromatic heterocycles. The predicted octanol–water partition coefficient (Wildman–Crippen LogP) is 2.27. The van der Waals surface area contributed by atoms with Gasteiger partial charge in [0.25, 0.3) is 0 Å². The molecule has 2 heterocycles. The Hall–Kier alpha value is -2.77. The third-order valence-electron chi connectivity index (χ3n) is 4.28. The Kier molecular flexibility index (Phi) is 3.72. The van der Waals surface area contributed by atoms with Gasteiger partial charge >= 0.3 is 5.76 Å². The highest BCUT2D eigenvalue weighted by Crippen LogP contribution is 2.34. The molecule has 1 aliphatic carbocycles. The summed E-state index contributed by atoms with van der Waals surface area (Å²) in [4.78, 5) is 16.2. The Morgan fingerprint density at radius 3 is 2.67 bits per heavy atom. The summed E-state index contributed by atoms with van der Waals surface area (Å²) >= 11 is 0. The van der Waals surface area contributed by atoms with Crippen molar-refractivity contribution in [2.24, 2.45) is 0 Å². The fraction of sp³-hybridized carbons (Fsp3) is 0.375. The van der Waals surface area contributed by atoms with Gasteiger partial charge in [-0.25, -0.2) is 9.18 Å². The Labute approximate surface area is 136 Å². The van der Waals surface area contributed by atoms with E-state index in [-0.39, 0.29) is 12.4 Å². The van der Waals surface area contributed by atoms with Gasteiger partial charge in [-0.3, -0.25) is 9.09 Å². The Morgan fingerprint density at radius 2 is 1.96 bits per heavy atom. The molecule has 4 rings (SSSR count). The first kappa shape index (κ1) is 14.8. The molecule has 124 valence electrons. The van der Waals surface area contributed by atoms with Crippen LogP contribution in [0.25, 0.3) is 0 Å². The van der Waals surface area contributed by atoms with E-state index in [4.69, 9.17) is 9.05 Å². The lowest BCUT2D eigenvalue weighted by Crippen LogP contribution is -2.18. The zero-order valence-electron chi connectivity index (χ0n) is 12.8. The van der Waals surface area contributed by atoms with Gasteiger partial charge in [-0.05, 0) is 30.5 Å². The lowest BCUT2D eigenvalue weighted by Gasteiger charge is -2.20. The Morgan fingerprint density at radius 1 is 1.17 bits per heavy atom. The summed E-state index contributed by atoms with van der Waals surface area (Å²) in [6.45, 7) is 0.110. The molecular formula is C16H15FN4O3. The predicted molar refractivity (Wildman–Crippen MR) is 80.0 cm³/mol. The van der Waals surface area contributed by atoms with Crippen LogP contribution in [0.15, 0.2) is 38.1 Å². The maximum atomic E-state index is 13.0. The smallest absolute Gasteiger partial charge is 0.337 e. The molecule has 0 spiro atoms. The van der Waals surface area contributed by atoms with Crippen LogP contribution in [0, 0.1) is 5.82 Å². The van der Waals surface area contributed by atoms with E-state index in [1.165, 1.54) is 23.1 Å². The molecular weight excluding hydrogens is 315 g/mol. The number of aromatic nitrogens is 4. The van der Waals surface area contributed by atoms with E-state index < -0.39 is 5.76 Å². The molecule has 0 atom stereocenters. The monoisotopic (exact) mass is 330 g/mol. The Bertz CT molecular complexity index is 893. The molecule has 0 unspecified atom stereocenters. The van der Waals surface area contributed by atoms with E-state index in [1.54, 1.807) is 12.1 Å². The molecule has 0 saturated heterocycles. The van der Waals surface area contributed by atoms with Crippen molar-refractivity contribution >= 4 is 0 Å². The summed E-state index contributed by atoms with van der Waals surface area (Å²) in [6, 6.07) is 6.00. The average molecular weight is 330 g/mol. The second kappa shape index (κ2) is 6.03. The Balaban J connectivity index is 1.54. The van der Waals surface area contributed by atoms with E-state index in [0.717, 1.165) is 18.4 Å². The van der Waals surface area contributed by atoms with Gasteiger partial charge in [0.05, 0.1) is 0 Å². The third kappa shape index (κ3) is 2.86. The van der Waals surface area contributed by atoms with Crippen molar-refractivity contribution in [3.8, 4) is 0 Å². The molecule has 0 N–H and O–H groups in total. The van der Waals surface area contributed by atoms with E-state index >= 15 is 0 Å². The minimum Gasteiger partial charge on any atom is -0.337 e. The molecule has 1 aliphatic rings. The van der Waals surface area contributed by atoms with Crippen LogP contribution in [-0.4, -0.2) is 19.9 Å². The maximum absolute atomic E-state index is 13.0. The van der Waals surface area contributed by atoms with Gasteiger partial charge in [-0.2, -0.15) is 4.98 Å². The zero-order valence-corrected chi connectivity index (χ0v) is 12.8. The number of halogens is 1. The van der Waals surface area contributed by atoms with Gasteiger partial charge < -0.3 is 4.52 Å². The van der Waals surface area contributed by atoms with Crippen molar-refractivity contribution in [3.63, 3.8) is 0 Å². The largest absolute Gasteiger partial charge is 0.442 e. The van der Waals surface area contributed by atoms with Crippen molar-refractivity contribution in [1.29, 1.82) is 0 Å². The molecule has 0 amide bonds. The fourth-order valence-electron chi connectivity index (χ4n) is 2.66. The highest BCUT2D eigenvalue weighted by atomic mass is 19.1. The SMILES string of the molecule is O=c1onc(Cc2ccc(F)cc2)n1Cc1nc(C2CCC2)no1. The minimum absolute atomic E-state index is 0.110. The molecule has 0 bridgehead atoms. The summed E-state index contributed by atoms with van der Waals surface area (Å²) < 4.78 is 24.3. The van der Waals surface area contributed by atoms with Crippen LogP contribution in [0.2, 0.25) is 0 Å². The van der Waals surface area contributed by atoms with Crippen LogP contribution in [0.1, 0.15) is 48.3 Å². The fourth-order valence-corrected chi connectivity index (χ4v) is 2.66. The van der Waals surface area contributed by atoms with Crippen LogP contribution in [-0.2, 0) is 13.0 Å². The molecule has 0 radical (unpaired) electrons. The van der Waals surface area contributed by atoms with Gasteiger partial charge in [-0.1, -0.05) is 28.9 Å². The quantitative estimate of drug-likeness (QED) is 0.713. The van der Waals surface area contributed by atoms with Crippen LogP contribution in [0.4, 0.5) is 4.39 Å². The van der Waals surface area contributed by atoms with Crippen molar-refractivity contribution in [2.75, 3.05) is 0 Å². The van der Waals surface area contributed by atoms with Crippen LogP contribution < -0.4 is 5.76 Å². The van der Waals surface area contributed by atoms with Crippen molar-refractivity contribution < 1.29 is 13.4 Å². The summed E-state index contributed by atoms with van der Waals surface area (Å²) in [7, 11) is 0. The second-order valence-corrected chi connectivity index (χ2v) is 5.93. The minimum atomic E-state index is -0.587.